The molecule has 1 amide bonds. The number of carbonyl (C=O) groups is 1. The summed E-state index contributed by atoms with van der Waals surface area (Å²) < 4.78 is 27.8. The zero-order valence-electron chi connectivity index (χ0n) is 18.8. The minimum Gasteiger partial charge on any atom is -0.484 e. The molecule has 0 atom stereocenters. The van der Waals surface area contributed by atoms with Crippen molar-refractivity contribution in [2.24, 2.45) is 0 Å². The third-order valence-electron chi connectivity index (χ3n) is 5.85. The molecule has 8 nitrogen and oxygen atoms in total. The zero-order chi connectivity index (χ0) is 24.2. The third kappa shape index (κ3) is 4.77. The molecule has 0 unspecified atom stereocenters. The first kappa shape index (κ1) is 22.3. The number of hydrogen-bond acceptors (Lipinski definition) is 6. The molecule has 2 aromatic carbocycles. The fraction of sp³-hybridized carbons (Fsp3) is 0.231. The Labute approximate surface area is 201 Å². The Morgan fingerprint density at radius 3 is 2.91 bits per heavy atom. The van der Waals surface area contributed by atoms with E-state index in [2.05, 4.69) is 26.2 Å². The van der Waals surface area contributed by atoms with E-state index in [1.165, 1.54) is 12.1 Å². The van der Waals surface area contributed by atoms with Gasteiger partial charge in [-0.05, 0) is 55.3 Å². The maximum Gasteiger partial charge on any atom is 0.291 e. The molecule has 1 aliphatic heterocycles. The molecular formula is C26H22FN5O3. The second-order valence-corrected chi connectivity index (χ2v) is 8.21. The lowest BCUT2D eigenvalue weighted by Gasteiger charge is -2.10. The van der Waals surface area contributed by atoms with E-state index >= 15 is 0 Å². The molecule has 3 heterocycles. The molecule has 0 fully saturated rings. The molecule has 35 heavy (non-hydrogen) atoms. The second-order valence-electron chi connectivity index (χ2n) is 8.21. The van der Waals surface area contributed by atoms with Crippen molar-refractivity contribution >= 4 is 11.6 Å². The van der Waals surface area contributed by atoms with Gasteiger partial charge in [-0.25, -0.2) is 4.39 Å². The van der Waals surface area contributed by atoms with Gasteiger partial charge in [0.1, 0.15) is 35.8 Å². The van der Waals surface area contributed by atoms with E-state index in [0.717, 1.165) is 38.1 Å². The van der Waals surface area contributed by atoms with Crippen LogP contribution in [0, 0.1) is 17.1 Å². The summed E-state index contributed by atoms with van der Waals surface area (Å²) in [6, 6.07) is 16.5. The topological polar surface area (TPSA) is 106 Å². The number of para-hydroxylation sites is 1. The van der Waals surface area contributed by atoms with Crippen LogP contribution in [-0.2, 0) is 19.6 Å². The molecule has 0 aliphatic carbocycles. The zero-order valence-corrected chi connectivity index (χ0v) is 18.8. The lowest BCUT2D eigenvalue weighted by Crippen LogP contribution is -2.12. The minimum atomic E-state index is -0.593. The molecule has 1 aliphatic rings. The number of furan rings is 1. The van der Waals surface area contributed by atoms with Crippen LogP contribution in [-0.4, -0.2) is 20.7 Å². The fourth-order valence-electron chi connectivity index (χ4n) is 4.05. The van der Waals surface area contributed by atoms with Crippen LogP contribution in [0.3, 0.4) is 0 Å². The maximum absolute atomic E-state index is 14.5. The van der Waals surface area contributed by atoms with Crippen molar-refractivity contribution in [3.8, 4) is 23.2 Å². The smallest absolute Gasteiger partial charge is 0.291 e. The van der Waals surface area contributed by atoms with Crippen LogP contribution >= 0.6 is 0 Å². The van der Waals surface area contributed by atoms with Crippen molar-refractivity contribution in [3.63, 3.8) is 0 Å². The Hall–Kier alpha value is -4.45. The molecule has 176 valence electrons. The van der Waals surface area contributed by atoms with Gasteiger partial charge in [-0.3, -0.25) is 4.79 Å². The van der Waals surface area contributed by atoms with Gasteiger partial charge in [0.25, 0.3) is 5.91 Å². The number of anilines is 1. The Balaban J connectivity index is 1.30. The van der Waals surface area contributed by atoms with Gasteiger partial charge in [0, 0.05) is 18.5 Å². The van der Waals surface area contributed by atoms with E-state index in [4.69, 9.17) is 14.4 Å². The average molecular weight is 471 g/mol. The first-order valence-electron chi connectivity index (χ1n) is 11.4. The van der Waals surface area contributed by atoms with Crippen LogP contribution in [0.2, 0.25) is 0 Å². The van der Waals surface area contributed by atoms with Gasteiger partial charge in [-0.15, -0.1) is 10.2 Å². The standard InChI is InChI=1S/C26H22FN5O3/c27-20-11-9-17(25-31-30-24-8-2-1-5-13-32(24)25)14-21(20)29-26(33)23-12-10-19(35-23)16-34-22-7-4-3-6-18(22)15-28/h3-4,6-7,9-12,14H,1-2,5,8,13,16H2,(H,29,33). The number of benzene rings is 2. The number of fused-ring (bicyclic) bond motifs is 1. The van der Waals surface area contributed by atoms with Crippen LogP contribution in [0.1, 0.15) is 47.0 Å². The molecule has 0 spiro atoms. The average Bonchev–Trinajstić information content (AvgIpc) is 3.45. The van der Waals surface area contributed by atoms with Crippen LogP contribution in [0.5, 0.6) is 5.75 Å². The summed E-state index contributed by atoms with van der Waals surface area (Å²) in [5, 5.41) is 20.3. The Morgan fingerprint density at radius 1 is 1.14 bits per heavy atom. The second kappa shape index (κ2) is 9.81. The van der Waals surface area contributed by atoms with Gasteiger partial charge in [0.2, 0.25) is 0 Å². The predicted octanol–water partition coefficient (Wildman–Crippen LogP) is 5.11. The molecule has 0 saturated heterocycles. The first-order valence-corrected chi connectivity index (χ1v) is 11.4. The number of rotatable bonds is 6. The molecule has 0 bridgehead atoms. The van der Waals surface area contributed by atoms with Gasteiger partial charge in [0.05, 0.1) is 11.3 Å². The Morgan fingerprint density at radius 2 is 2.03 bits per heavy atom. The number of aryl methyl sites for hydroxylation is 1. The number of ether oxygens (including phenoxy) is 1. The van der Waals surface area contributed by atoms with Crippen molar-refractivity contribution in [1.82, 2.24) is 14.8 Å². The van der Waals surface area contributed by atoms with E-state index in [1.807, 2.05) is 0 Å². The summed E-state index contributed by atoms with van der Waals surface area (Å²) in [6.07, 6.45) is 4.11. The predicted molar refractivity (Wildman–Crippen MR) is 125 cm³/mol. The molecule has 0 radical (unpaired) electrons. The van der Waals surface area contributed by atoms with Crippen LogP contribution in [0.15, 0.2) is 59.0 Å². The number of carbonyl (C=O) groups excluding carboxylic acids is 1. The van der Waals surface area contributed by atoms with Crippen molar-refractivity contribution < 1.29 is 18.3 Å². The summed E-state index contributed by atoms with van der Waals surface area (Å²) in [6.45, 7) is 0.848. The minimum absolute atomic E-state index is 0.0123. The summed E-state index contributed by atoms with van der Waals surface area (Å²) in [5.41, 5.74) is 1.10. The highest BCUT2D eigenvalue weighted by molar-refractivity contribution is 6.02. The summed E-state index contributed by atoms with van der Waals surface area (Å²) >= 11 is 0. The fourth-order valence-corrected chi connectivity index (χ4v) is 4.05. The lowest BCUT2D eigenvalue weighted by atomic mass is 10.1. The third-order valence-corrected chi connectivity index (χ3v) is 5.85. The summed E-state index contributed by atoms with van der Waals surface area (Å²) in [7, 11) is 0. The van der Waals surface area contributed by atoms with Crippen molar-refractivity contribution in [2.45, 2.75) is 38.8 Å². The number of nitriles is 1. The van der Waals surface area contributed by atoms with E-state index in [-0.39, 0.29) is 18.1 Å². The van der Waals surface area contributed by atoms with Crippen LogP contribution in [0.25, 0.3) is 11.4 Å². The van der Waals surface area contributed by atoms with Gasteiger partial charge in [-0.1, -0.05) is 18.6 Å². The Bertz CT molecular complexity index is 1420. The SMILES string of the molecule is N#Cc1ccccc1OCc1ccc(C(=O)Nc2cc(-c3nnc4n3CCCCC4)ccc2F)o1. The highest BCUT2D eigenvalue weighted by Crippen LogP contribution is 2.27. The highest BCUT2D eigenvalue weighted by Gasteiger charge is 2.19. The molecule has 0 saturated carbocycles. The highest BCUT2D eigenvalue weighted by atomic mass is 19.1. The summed E-state index contributed by atoms with van der Waals surface area (Å²) in [5.74, 6) is 1.25. The monoisotopic (exact) mass is 471 g/mol. The molecule has 4 aromatic rings. The van der Waals surface area contributed by atoms with Crippen LogP contribution < -0.4 is 10.1 Å². The van der Waals surface area contributed by atoms with Crippen molar-refractivity contribution in [1.29, 1.82) is 5.26 Å². The maximum atomic E-state index is 14.5. The van der Waals surface area contributed by atoms with E-state index in [0.29, 0.717) is 28.5 Å². The number of nitrogens with zero attached hydrogens (tertiary/aromatic N) is 4. The molecule has 2 aromatic heterocycles. The largest absolute Gasteiger partial charge is 0.484 e. The normalized spacial score (nSPS) is 12.9. The number of aromatic nitrogens is 3. The van der Waals surface area contributed by atoms with E-state index in [1.54, 1.807) is 42.5 Å². The number of halogens is 1. The number of nitrogens with one attached hydrogen (secondary N) is 1. The summed E-state index contributed by atoms with van der Waals surface area (Å²) in [4.78, 5) is 12.7. The van der Waals surface area contributed by atoms with Gasteiger partial charge >= 0.3 is 0 Å². The molecule has 9 heteroatoms. The van der Waals surface area contributed by atoms with Crippen molar-refractivity contribution in [3.05, 3.63) is 83.3 Å². The number of hydrogen-bond donors (Lipinski definition) is 1. The van der Waals surface area contributed by atoms with Gasteiger partial charge in [-0.2, -0.15) is 5.26 Å². The van der Waals surface area contributed by atoms with Crippen LogP contribution in [0.4, 0.5) is 10.1 Å². The molecular weight excluding hydrogens is 449 g/mol. The molecule has 5 rings (SSSR count). The van der Waals surface area contributed by atoms with Crippen molar-refractivity contribution in [2.75, 3.05) is 5.32 Å². The quantitative estimate of drug-likeness (QED) is 0.419. The van der Waals surface area contributed by atoms with Gasteiger partial charge in [0.15, 0.2) is 11.6 Å². The number of amides is 1. The van der Waals surface area contributed by atoms with Gasteiger partial charge < -0.3 is 19.0 Å². The first-order chi connectivity index (χ1) is 17.1. The van der Waals surface area contributed by atoms with E-state index < -0.39 is 11.7 Å². The Kier molecular flexibility index (Phi) is 6.26. The van der Waals surface area contributed by atoms with E-state index in [9.17, 15) is 9.18 Å². The molecule has 1 N–H and O–H groups in total. The lowest BCUT2D eigenvalue weighted by molar-refractivity contribution is 0.0992.